The molecule has 1 aromatic carbocycles. The third-order valence-electron chi connectivity index (χ3n) is 4.94. The number of fused-ring (bicyclic) bond motifs is 2. The van der Waals surface area contributed by atoms with Crippen LogP contribution in [0.15, 0.2) is 16.9 Å². The first-order chi connectivity index (χ1) is 10.5. The van der Waals surface area contributed by atoms with Gasteiger partial charge in [0.2, 0.25) is 5.95 Å². The Bertz CT molecular complexity index is 858. The zero-order valence-electron chi connectivity index (χ0n) is 13.1. The summed E-state index contributed by atoms with van der Waals surface area (Å²) in [5.74, 6) is 2.16. The average Bonchev–Trinajstić information content (AvgIpc) is 3.08. The van der Waals surface area contributed by atoms with E-state index in [0.717, 1.165) is 30.5 Å². The van der Waals surface area contributed by atoms with Gasteiger partial charge in [-0.3, -0.25) is 14.2 Å². The molecule has 0 radical (unpaired) electrons. The molecule has 0 bridgehead atoms. The number of carbonyl (C=O) groups excluding carboxylic acids is 1. The first-order valence-corrected chi connectivity index (χ1v) is 7.73. The molecule has 1 saturated heterocycles. The normalized spacial score (nSPS) is 23.0. The molecule has 1 saturated carbocycles. The molecule has 22 heavy (non-hydrogen) atoms. The molecular formula is C17H19N3O2. The molecular weight excluding hydrogens is 278 g/mol. The number of anilines is 1. The van der Waals surface area contributed by atoms with Crippen LogP contribution in [0.5, 0.6) is 0 Å². The topological polar surface area (TPSA) is 55.2 Å². The number of rotatable bonds is 2. The second-order valence-electron chi connectivity index (χ2n) is 6.70. The van der Waals surface area contributed by atoms with Crippen molar-refractivity contribution in [2.45, 2.75) is 20.3 Å². The lowest BCUT2D eigenvalue weighted by molar-refractivity contribution is 0.101. The quantitative estimate of drug-likeness (QED) is 0.795. The van der Waals surface area contributed by atoms with Gasteiger partial charge in [0.1, 0.15) is 0 Å². The van der Waals surface area contributed by atoms with Crippen molar-refractivity contribution < 1.29 is 4.79 Å². The highest BCUT2D eigenvalue weighted by molar-refractivity contribution is 6.05. The zero-order chi connectivity index (χ0) is 15.6. The van der Waals surface area contributed by atoms with Gasteiger partial charge in [0.05, 0.1) is 10.9 Å². The number of piperidine rings is 1. The fourth-order valence-electron chi connectivity index (χ4n) is 3.62. The van der Waals surface area contributed by atoms with Crippen LogP contribution in [0.4, 0.5) is 5.95 Å². The van der Waals surface area contributed by atoms with E-state index in [1.54, 1.807) is 11.6 Å². The van der Waals surface area contributed by atoms with Gasteiger partial charge in [-0.2, -0.15) is 0 Å². The molecule has 0 N–H and O–H groups in total. The lowest BCUT2D eigenvalue weighted by Gasteiger charge is -2.22. The molecule has 0 spiro atoms. The smallest absolute Gasteiger partial charge is 0.262 e. The van der Waals surface area contributed by atoms with Crippen molar-refractivity contribution in [1.29, 1.82) is 0 Å². The Hall–Kier alpha value is -2.17. The van der Waals surface area contributed by atoms with Gasteiger partial charge in [0, 0.05) is 25.7 Å². The van der Waals surface area contributed by atoms with Crippen LogP contribution in [0.2, 0.25) is 0 Å². The maximum atomic E-state index is 12.7. The summed E-state index contributed by atoms with van der Waals surface area (Å²) in [6.07, 6.45) is 1.30. The van der Waals surface area contributed by atoms with Crippen molar-refractivity contribution in [3.8, 4) is 0 Å². The molecule has 5 heteroatoms. The van der Waals surface area contributed by atoms with Crippen molar-refractivity contribution in [3.05, 3.63) is 33.6 Å². The van der Waals surface area contributed by atoms with E-state index in [2.05, 4.69) is 4.90 Å². The van der Waals surface area contributed by atoms with E-state index in [1.165, 1.54) is 13.3 Å². The van der Waals surface area contributed by atoms with Gasteiger partial charge in [-0.1, -0.05) is 0 Å². The number of ketones is 1. The molecule has 1 aliphatic heterocycles. The number of hydrogen-bond donors (Lipinski definition) is 0. The van der Waals surface area contributed by atoms with Crippen molar-refractivity contribution >= 4 is 22.6 Å². The van der Waals surface area contributed by atoms with E-state index in [0.29, 0.717) is 22.4 Å². The van der Waals surface area contributed by atoms with E-state index in [1.807, 2.05) is 19.1 Å². The number of aryl methyl sites for hydroxylation is 1. The average molecular weight is 297 g/mol. The SMILES string of the molecule is CC(=O)c1cc(C)cc2c(=O)n(C)c(N3CC4CC4C3)nc12. The standard InChI is InChI=1S/C17H19N3O2/c1-9-4-13(10(2)21)15-14(5-9)16(22)19(3)17(18-15)20-7-11-6-12(11)8-20/h4-5,11-12H,6-8H2,1-3H3. The van der Waals surface area contributed by atoms with Crippen molar-refractivity contribution in [1.82, 2.24) is 9.55 Å². The van der Waals surface area contributed by atoms with Crippen LogP contribution in [0.25, 0.3) is 10.9 Å². The molecule has 2 unspecified atom stereocenters. The van der Waals surface area contributed by atoms with Gasteiger partial charge in [-0.15, -0.1) is 0 Å². The molecule has 4 rings (SSSR count). The number of benzene rings is 1. The highest BCUT2D eigenvalue weighted by atomic mass is 16.1. The third-order valence-corrected chi connectivity index (χ3v) is 4.94. The largest absolute Gasteiger partial charge is 0.342 e. The Morgan fingerprint density at radius 2 is 1.95 bits per heavy atom. The lowest BCUT2D eigenvalue weighted by atomic mass is 10.0. The van der Waals surface area contributed by atoms with E-state index < -0.39 is 0 Å². The van der Waals surface area contributed by atoms with Crippen molar-refractivity contribution in [2.24, 2.45) is 18.9 Å². The predicted octanol–water partition coefficient (Wildman–Crippen LogP) is 1.90. The second-order valence-corrected chi connectivity index (χ2v) is 6.70. The maximum Gasteiger partial charge on any atom is 0.262 e. The van der Waals surface area contributed by atoms with E-state index in [4.69, 9.17) is 4.98 Å². The highest BCUT2D eigenvalue weighted by Crippen LogP contribution is 2.45. The molecule has 2 aromatic rings. The van der Waals surface area contributed by atoms with Crippen molar-refractivity contribution in [2.75, 3.05) is 18.0 Å². The fraction of sp³-hybridized carbons (Fsp3) is 0.471. The van der Waals surface area contributed by atoms with E-state index >= 15 is 0 Å². The van der Waals surface area contributed by atoms with Crippen LogP contribution in [0.3, 0.4) is 0 Å². The molecule has 2 atom stereocenters. The maximum absolute atomic E-state index is 12.7. The van der Waals surface area contributed by atoms with Gasteiger partial charge < -0.3 is 4.90 Å². The highest BCUT2D eigenvalue weighted by Gasteiger charge is 2.46. The summed E-state index contributed by atoms with van der Waals surface area (Å²) in [4.78, 5) is 31.5. The first kappa shape index (κ1) is 13.5. The van der Waals surface area contributed by atoms with Crippen LogP contribution in [0.1, 0.15) is 29.3 Å². The monoisotopic (exact) mass is 297 g/mol. The number of Topliss-reactive ketones (excluding diaryl/α,β-unsaturated/α-hetero) is 1. The molecule has 0 amide bonds. The van der Waals surface area contributed by atoms with Gasteiger partial charge >= 0.3 is 0 Å². The minimum absolute atomic E-state index is 0.0512. The summed E-state index contributed by atoms with van der Waals surface area (Å²) in [5.41, 5.74) is 1.91. The van der Waals surface area contributed by atoms with Gasteiger partial charge in [-0.05, 0) is 49.8 Å². The number of hydrogen-bond acceptors (Lipinski definition) is 4. The van der Waals surface area contributed by atoms with Crippen molar-refractivity contribution in [3.63, 3.8) is 0 Å². The Morgan fingerprint density at radius 1 is 1.27 bits per heavy atom. The fourth-order valence-corrected chi connectivity index (χ4v) is 3.62. The molecule has 2 aliphatic rings. The van der Waals surface area contributed by atoms with Crippen LogP contribution >= 0.6 is 0 Å². The van der Waals surface area contributed by atoms with Gasteiger partial charge in [0.15, 0.2) is 5.78 Å². The summed E-state index contributed by atoms with van der Waals surface area (Å²) < 4.78 is 1.62. The first-order valence-electron chi connectivity index (χ1n) is 7.73. The van der Waals surface area contributed by atoms with Gasteiger partial charge in [0.25, 0.3) is 5.56 Å². The van der Waals surface area contributed by atoms with E-state index in [9.17, 15) is 9.59 Å². The Kier molecular flexibility index (Phi) is 2.71. The van der Waals surface area contributed by atoms with E-state index in [-0.39, 0.29) is 11.3 Å². The minimum atomic E-state index is -0.0771. The molecule has 1 aromatic heterocycles. The number of aromatic nitrogens is 2. The number of carbonyl (C=O) groups is 1. The second kappa shape index (κ2) is 4.41. The number of nitrogens with zero attached hydrogens (tertiary/aromatic N) is 3. The summed E-state index contributed by atoms with van der Waals surface area (Å²) in [6, 6.07) is 3.64. The van der Waals surface area contributed by atoms with Crippen LogP contribution < -0.4 is 10.5 Å². The summed E-state index contributed by atoms with van der Waals surface area (Å²) >= 11 is 0. The Labute approximate surface area is 128 Å². The van der Waals surface area contributed by atoms with Crippen LogP contribution in [-0.4, -0.2) is 28.4 Å². The molecule has 1 aliphatic carbocycles. The Balaban J connectivity index is 1.97. The molecule has 2 heterocycles. The molecule has 2 fully saturated rings. The summed E-state index contributed by atoms with van der Waals surface area (Å²) in [6.45, 7) is 5.36. The Morgan fingerprint density at radius 3 is 2.59 bits per heavy atom. The molecule has 5 nitrogen and oxygen atoms in total. The third kappa shape index (κ3) is 1.88. The van der Waals surface area contributed by atoms with Crippen LogP contribution in [0, 0.1) is 18.8 Å². The summed E-state index contributed by atoms with van der Waals surface area (Å²) in [5, 5.41) is 0.529. The lowest BCUT2D eigenvalue weighted by Crippen LogP contribution is -2.31. The minimum Gasteiger partial charge on any atom is -0.342 e. The van der Waals surface area contributed by atoms with Crippen LogP contribution in [-0.2, 0) is 7.05 Å². The zero-order valence-corrected chi connectivity index (χ0v) is 13.1. The predicted molar refractivity (Wildman–Crippen MR) is 85.5 cm³/mol. The summed E-state index contributed by atoms with van der Waals surface area (Å²) in [7, 11) is 1.77. The molecule has 114 valence electrons. The van der Waals surface area contributed by atoms with Gasteiger partial charge in [-0.25, -0.2) is 4.98 Å².